The zero-order chi connectivity index (χ0) is 10.8. The average molecular weight is 273 g/mol. The van der Waals surface area contributed by atoms with Gasteiger partial charge in [0.1, 0.15) is 11.6 Å². The van der Waals surface area contributed by atoms with Crippen LogP contribution in [0.2, 0.25) is 0 Å². The number of ketones is 1. The van der Waals surface area contributed by atoms with E-state index in [1.54, 1.807) is 6.07 Å². The van der Waals surface area contributed by atoms with Crippen molar-refractivity contribution in [3.05, 3.63) is 34.1 Å². The minimum atomic E-state index is -0.310. The molecule has 0 aliphatic carbocycles. The Kier molecular flexibility index (Phi) is 3.17. The molecule has 2 rings (SSSR count). The summed E-state index contributed by atoms with van der Waals surface area (Å²) in [4.78, 5) is 11.3. The number of hydrogen-bond acceptors (Lipinski definition) is 2. The third-order valence-corrected chi connectivity index (χ3v) is 3.14. The van der Waals surface area contributed by atoms with Gasteiger partial charge in [-0.15, -0.1) is 0 Å². The summed E-state index contributed by atoms with van der Waals surface area (Å²) in [6.45, 7) is 0.423. The lowest BCUT2D eigenvalue weighted by molar-refractivity contribution is -0.128. The number of halogens is 2. The second-order valence-corrected chi connectivity index (χ2v) is 4.37. The highest BCUT2D eigenvalue weighted by atomic mass is 79.9. The molecule has 1 aromatic carbocycles. The van der Waals surface area contributed by atoms with Crippen LogP contribution in [0.25, 0.3) is 0 Å². The van der Waals surface area contributed by atoms with E-state index in [1.807, 2.05) is 0 Å². The molecule has 1 aliphatic heterocycles. The summed E-state index contributed by atoms with van der Waals surface area (Å²) in [6, 6.07) is 4.42. The predicted molar refractivity (Wildman–Crippen MR) is 57.0 cm³/mol. The lowest BCUT2D eigenvalue weighted by Gasteiger charge is -2.23. The maximum atomic E-state index is 13.0. The molecule has 15 heavy (non-hydrogen) atoms. The molecule has 1 unspecified atom stereocenters. The van der Waals surface area contributed by atoms with Gasteiger partial charge in [0.2, 0.25) is 0 Å². The van der Waals surface area contributed by atoms with Crippen LogP contribution in [0.5, 0.6) is 0 Å². The van der Waals surface area contributed by atoms with E-state index in [4.69, 9.17) is 4.74 Å². The Morgan fingerprint density at radius 3 is 3.00 bits per heavy atom. The smallest absolute Gasteiger partial charge is 0.138 e. The fourth-order valence-electron chi connectivity index (χ4n) is 1.64. The summed E-state index contributed by atoms with van der Waals surface area (Å²) in [7, 11) is 0. The maximum Gasteiger partial charge on any atom is 0.138 e. The third kappa shape index (κ3) is 2.44. The summed E-state index contributed by atoms with van der Waals surface area (Å²) in [5.41, 5.74) is 0.711. The molecule has 0 spiro atoms. The second kappa shape index (κ2) is 4.41. The molecule has 1 atom stereocenters. The molecule has 0 N–H and O–H groups in total. The molecule has 0 aromatic heterocycles. The number of ether oxygens (including phenoxy) is 1. The topological polar surface area (TPSA) is 26.3 Å². The molecule has 2 nitrogen and oxygen atoms in total. The molecule has 1 aliphatic rings. The number of carbonyl (C=O) groups is 1. The zero-order valence-corrected chi connectivity index (χ0v) is 9.59. The molecule has 80 valence electrons. The highest BCUT2D eigenvalue weighted by Crippen LogP contribution is 2.31. The van der Waals surface area contributed by atoms with Gasteiger partial charge in [0.15, 0.2) is 0 Å². The van der Waals surface area contributed by atoms with Gasteiger partial charge >= 0.3 is 0 Å². The summed E-state index contributed by atoms with van der Waals surface area (Å²) in [5.74, 6) is -0.141. The van der Waals surface area contributed by atoms with E-state index in [0.717, 1.165) is 4.47 Å². The van der Waals surface area contributed by atoms with Gasteiger partial charge in [-0.2, -0.15) is 0 Å². The van der Waals surface area contributed by atoms with E-state index >= 15 is 0 Å². The lowest BCUT2D eigenvalue weighted by Crippen LogP contribution is -2.19. The molecule has 0 radical (unpaired) electrons. The maximum absolute atomic E-state index is 13.0. The standard InChI is InChI=1S/C11H10BrFO2/c12-10-2-1-7(13)5-9(10)11-6-8(14)3-4-15-11/h1-2,5,11H,3-4,6H2. The zero-order valence-electron chi connectivity index (χ0n) is 8.00. The van der Waals surface area contributed by atoms with Gasteiger partial charge in [-0.3, -0.25) is 4.79 Å². The average Bonchev–Trinajstić information content (AvgIpc) is 2.22. The van der Waals surface area contributed by atoms with E-state index < -0.39 is 0 Å². The number of rotatable bonds is 1. The van der Waals surface area contributed by atoms with E-state index in [1.165, 1.54) is 12.1 Å². The Balaban J connectivity index is 2.27. The van der Waals surface area contributed by atoms with Crippen molar-refractivity contribution >= 4 is 21.7 Å². The Bertz CT molecular complexity index is 392. The Morgan fingerprint density at radius 2 is 2.27 bits per heavy atom. The molecule has 0 saturated carbocycles. The summed E-state index contributed by atoms with van der Waals surface area (Å²) in [6.07, 6.45) is 0.488. The van der Waals surface area contributed by atoms with Gasteiger partial charge in [0, 0.05) is 17.3 Å². The fourth-order valence-corrected chi connectivity index (χ4v) is 2.15. The predicted octanol–water partition coefficient (Wildman–Crippen LogP) is 3.01. The largest absolute Gasteiger partial charge is 0.373 e. The van der Waals surface area contributed by atoms with Crippen molar-refractivity contribution in [2.45, 2.75) is 18.9 Å². The van der Waals surface area contributed by atoms with Crippen molar-refractivity contribution in [3.8, 4) is 0 Å². The van der Waals surface area contributed by atoms with Crippen molar-refractivity contribution in [1.82, 2.24) is 0 Å². The van der Waals surface area contributed by atoms with Crippen molar-refractivity contribution in [2.24, 2.45) is 0 Å². The Labute approximate surface area is 95.6 Å². The molecule has 1 saturated heterocycles. The van der Waals surface area contributed by atoms with Crippen molar-refractivity contribution in [1.29, 1.82) is 0 Å². The molecular weight excluding hydrogens is 263 g/mol. The van der Waals surface area contributed by atoms with Gasteiger partial charge in [0.05, 0.1) is 12.7 Å². The monoisotopic (exact) mass is 272 g/mol. The van der Waals surface area contributed by atoms with Gasteiger partial charge < -0.3 is 4.74 Å². The van der Waals surface area contributed by atoms with Crippen LogP contribution in [0.15, 0.2) is 22.7 Å². The van der Waals surface area contributed by atoms with Crippen LogP contribution < -0.4 is 0 Å². The van der Waals surface area contributed by atoms with Crippen molar-refractivity contribution < 1.29 is 13.9 Å². The first-order valence-corrected chi connectivity index (χ1v) is 5.54. The highest BCUT2D eigenvalue weighted by molar-refractivity contribution is 9.10. The van der Waals surface area contributed by atoms with Crippen LogP contribution >= 0.6 is 15.9 Å². The molecule has 1 aromatic rings. The molecule has 4 heteroatoms. The van der Waals surface area contributed by atoms with E-state index in [2.05, 4.69) is 15.9 Å². The number of Topliss-reactive ketones (excluding diaryl/α,β-unsaturated/α-hetero) is 1. The molecule has 0 amide bonds. The van der Waals surface area contributed by atoms with E-state index in [9.17, 15) is 9.18 Å². The molecular formula is C11H10BrFO2. The van der Waals surface area contributed by atoms with Crippen LogP contribution in [0.4, 0.5) is 4.39 Å². The van der Waals surface area contributed by atoms with Crippen molar-refractivity contribution in [3.63, 3.8) is 0 Å². The summed E-state index contributed by atoms with van der Waals surface area (Å²) in [5, 5.41) is 0. The van der Waals surface area contributed by atoms with Crippen LogP contribution in [0.1, 0.15) is 24.5 Å². The van der Waals surface area contributed by atoms with Gasteiger partial charge in [-0.1, -0.05) is 15.9 Å². The minimum Gasteiger partial charge on any atom is -0.373 e. The molecule has 1 heterocycles. The van der Waals surface area contributed by atoms with Crippen LogP contribution in [-0.4, -0.2) is 12.4 Å². The number of carbonyl (C=O) groups excluding carboxylic acids is 1. The first kappa shape index (κ1) is 10.8. The second-order valence-electron chi connectivity index (χ2n) is 3.52. The van der Waals surface area contributed by atoms with E-state index in [0.29, 0.717) is 25.0 Å². The molecule has 1 fully saturated rings. The number of benzene rings is 1. The summed E-state index contributed by atoms with van der Waals surface area (Å²) < 4.78 is 19.3. The van der Waals surface area contributed by atoms with Crippen LogP contribution in [0, 0.1) is 5.82 Å². The number of hydrogen-bond donors (Lipinski definition) is 0. The highest BCUT2D eigenvalue weighted by Gasteiger charge is 2.23. The first-order valence-electron chi connectivity index (χ1n) is 4.75. The lowest BCUT2D eigenvalue weighted by atomic mass is 10.0. The minimum absolute atomic E-state index is 0.169. The Morgan fingerprint density at radius 1 is 1.47 bits per heavy atom. The first-order chi connectivity index (χ1) is 7.16. The van der Waals surface area contributed by atoms with Gasteiger partial charge in [-0.25, -0.2) is 4.39 Å². The molecule has 0 bridgehead atoms. The SMILES string of the molecule is O=C1CCOC(c2cc(F)ccc2Br)C1. The summed E-state index contributed by atoms with van der Waals surface area (Å²) >= 11 is 3.33. The van der Waals surface area contributed by atoms with E-state index in [-0.39, 0.29) is 17.7 Å². The third-order valence-electron chi connectivity index (χ3n) is 2.42. The normalized spacial score (nSPS) is 21.7. The van der Waals surface area contributed by atoms with Crippen LogP contribution in [-0.2, 0) is 9.53 Å². The fraction of sp³-hybridized carbons (Fsp3) is 0.364. The van der Waals surface area contributed by atoms with Crippen LogP contribution in [0.3, 0.4) is 0 Å². The quantitative estimate of drug-likeness (QED) is 0.786. The van der Waals surface area contributed by atoms with Gasteiger partial charge in [-0.05, 0) is 23.8 Å². The Hall–Kier alpha value is -0.740. The van der Waals surface area contributed by atoms with Gasteiger partial charge in [0.25, 0.3) is 0 Å². The van der Waals surface area contributed by atoms with Crippen molar-refractivity contribution in [2.75, 3.05) is 6.61 Å².